The zero-order valence-corrected chi connectivity index (χ0v) is 44.7. The average molecular weight is 1100 g/mol. The molecule has 11 rings (SSSR count). The topological polar surface area (TPSA) is 55.4 Å². The summed E-state index contributed by atoms with van der Waals surface area (Å²) >= 11 is 0. The summed E-state index contributed by atoms with van der Waals surface area (Å²) in [7, 11) is 0. The van der Waals surface area contributed by atoms with Crippen LogP contribution in [0.5, 0.6) is 5.75 Å². The quantitative estimate of drug-likeness (QED) is 0.175. The van der Waals surface area contributed by atoms with Gasteiger partial charge in [-0.05, 0) is 80.3 Å². The molecule has 11 aromatic rings. The molecule has 0 spiro atoms. The first-order valence-corrected chi connectivity index (χ1v) is 24.4. The first-order valence-electron chi connectivity index (χ1n) is 24.4. The number of nitrogens with zero attached hydrogens (tertiary/aromatic N) is 4. The maximum absolute atomic E-state index is 12.8. The number of phenols is 1. The fourth-order valence-corrected chi connectivity index (χ4v) is 10.5. The Labute approximate surface area is 426 Å². The van der Waals surface area contributed by atoms with Crippen LogP contribution in [0.15, 0.2) is 146 Å². The summed E-state index contributed by atoms with van der Waals surface area (Å²) in [6.07, 6.45) is 1.90. The van der Waals surface area contributed by atoms with Crippen molar-refractivity contribution >= 4 is 49.1 Å². The van der Waals surface area contributed by atoms with Gasteiger partial charge in [0.1, 0.15) is 11.6 Å². The molecular formula is C64H61N4OPt-. The van der Waals surface area contributed by atoms with Crippen LogP contribution in [0.2, 0.25) is 0 Å². The Morgan fingerprint density at radius 3 is 1.80 bits per heavy atom. The summed E-state index contributed by atoms with van der Waals surface area (Å²) in [4.78, 5) is 10.7. The number of rotatable bonds is 5. The third-order valence-electron chi connectivity index (χ3n) is 14.3. The molecule has 0 bridgehead atoms. The summed E-state index contributed by atoms with van der Waals surface area (Å²) in [6, 6.07) is 54.3. The number of aromatic nitrogens is 4. The zero-order chi connectivity index (χ0) is 48.5. The smallest absolute Gasteiger partial charge is 0.148 e. The van der Waals surface area contributed by atoms with E-state index in [9.17, 15) is 5.11 Å². The van der Waals surface area contributed by atoms with Gasteiger partial charge in [0.2, 0.25) is 0 Å². The number of fused-ring (bicyclic) bond motifs is 7. The molecule has 7 aromatic carbocycles. The first kappa shape index (κ1) is 47.1. The second-order valence-electron chi connectivity index (χ2n) is 23.3. The molecule has 0 atom stereocenters. The number of pyridine rings is 1. The molecule has 0 unspecified atom stereocenters. The van der Waals surface area contributed by atoms with Gasteiger partial charge in [0, 0.05) is 60.1 Å². The monoisotopic (exact) mass is 1100 g/mol. The molecule has 0 saturated heterocycles. The van der Waals surface area contributed by atoms with E-state index in [1.165, 1.54) is 49.2 Å². The van der Waals surface area contributed by atoms with E-state index in [2.05, 4.69) is 232 Å². The molecule has 70 heavy (non-hydrogen) atoms. The van der Waals surface area contributed by atoms with Crippen LogP contribution in [0.4, 0.5) is 0 Å². The molecule has 6 heteroatoms. The predicted octanol–water partition coefficient (Wildman–Crippen LogP) is 16.9. The second-order valence-corrected chi connectivity index (χ2v) is 23.3. The second kappa shape index (κ2) is 16.5. The fraction of sp³-hybridized carbons (Fsp3) is 0.250. The van der Waals surface area contributed by atoms with Crippen molar-refractivity contribution in [2.45, 2.75) is 105 Å². The van der Waals surface area contributed by atoms with E-state index in [-0.39, 0.29) is 48.5 Å². The molecule has 4 heterocycles. The van der Waals surface area contributed by atoms with Crippen molar-refractivity contribution in [3.05, 3.63) is 174 Å². The Morgan fingerprint density at radius 2 is 1.10 bits per heavy atom. The van der Waals surface area contributed by atoms with Gasteiger partial charge in [-0.1, -0.05) is 185 Å². The Balaban J connectivity index is 0.00000567. The summed E-state index contributed by atoms with van der Waals surface area (Å²) in [5.74, 6) is 0.954. The molecule has 354 valence electrons. The summed E-state index contributed by atoms with van der Waals surface area (Å²) in [6.45, 7) is 27.0. The van der Waals surface area contributed by atoms with E-state index in [0.717, 1.165) is 61.4 Å². The normalized spacial score (nSPS) is 12.8. The fourth-order valence-electron chi connectivity index (χ4n) is 10.5. The van der Waals surface area contributed by atoms with Crippen molar-refractivity contribution in [2.75, 3.05) is 0 Å². The Hall–Kier alpha value is -6.55. The van der Waals surface area contributed by atoms with Gasteiger partial charge in [-0.25, -0.2) is 4.98 Å². The minimum absolute atomic E-state index is 0. The average Bonchev–Trinajstić information content (AvgIpc) is 3.97. The van der Waals surface area contributed by atoms with Crippen LogP contribution >= 0.6 is 0 Å². The molecule has 1 N–H and O–H groups in total. The van der Waals surface area contributed by atoms with E-state index in [0.29, 0.717) is 11.4 Å². The Kier molecular flexibility index (Phi) is 11.1. The van der Waals surface area contributed by atoms with Crippen LogP contribution in [0.3, 0.4) is 0 Å². The number of hydrogen-bond donors (Lipinski definition) is 1. The minimum atomic E-state index is -0.341. The largest absolute Gasteiger partial charge is 0.507 e. The standard InChI is InChI=1S/C64H61N4O.Pt/c1-61(2,3)42-31-40(30-41(32-42)52-33-39(28-29-65-52)38-20-14-13-15-21-38)44-23-19-27-54-57(44)66-60(49-34-43(62(4,5)6)35-51(59(49)69)64(10,11)12)68(54)56-36-48-47-25-18-24-46-45-22-16-17-26-53(45)67(58(46)47)55(48)37-50(56)63(7,8)9;/h13-29,31-37,69H,1-12H3;/q-1;. The van der Waals surface area contributed by atoms with Crippen molar-refractivity contribution < 1.29 is 26.2 Å². The van der Waals surface area contributed by atoms with Gasteiger partial charge in [-0.3, -0.25) is 9.55 Å². The Bertz CT molecular complexity index is 3830. The van der Waals surface area contributed by atoms with Crippen LogP contribution in [-0.2, 0) is 42.7 Å². The SMILES string of the molecule is CC(C)(C)c1cc(-c2cc(-c3ccccc3)ccn2)[c-]c(-c2cccc3c2nc(-c2cc(C(C)(C)C)cc(C(C)(C)C)c2O)n3-c2cc3c4cccc5c6ccccc6n(c3cc2C(C)(C)C)c54)c1.[Pt]. The van der Waals surface area contributed by atoms with Crippen molar-refractivity contribution in [3.8, 4) is 56.3 Å². The minimum Gasteiger partial charge on any atom is -0.507 e. The third kappa shape index (κ3) is 7.73. The molecule has 5 nitrogen and oxygen atoms in total. The molecule has 0 aliphatic rings. The van der Waals surface area contributed by atoms with Gasteiger partial charge >= 0.3 is 0 Å². The summed E-state index contributed by atoms with van der Waals surface area (Å²) in [5.41, 5.74) is 16.5. The zero-order valence-electron chi connectivity index (χ0n) is 42.4. The predicted molar refractivity (Wildman–Crippen MR) is 291 cm³/mol. The van der Waals surface area contributed by atoms with Crippen molar-refractivity contribution in [3.63, 3.8) is 0 Å². The number of para-hydroxylation sites is 3. The first-order chi connectivity index (χ1) is 32.7. The van der Waals surface area contributed by atoms with Gasteiger partial charge in [0.05, 0.1) is 38.8 Å². The van der Waals surface area contributed by atoms with Gasteiger partial charge in [0.25, 0.3) is 0 Å². The van der Waals surface area contributed by atoms with E-state index in [1.807, 2.05) is 12.3 Å². The van der Waals surface area contributed by atoms with Gasteiger partial charge in [-0.15, -0.1) is 29.3 Å². The molecule has 0 fully saturated rings. The number of imidazole rings is 1. The van der Waals surface area contributed by atoms with Crippen molar-refractivity contribution in [1.29, 1.82) is 0 Å². The molecule has 4 aromatic heterocycles. The molecule has 0 amide bonds. The molecular weight excluding hydrogens is 1040 g/mol. The van der Waals surface area contributed by atoms with Crippen LogP contribution in [0.25, 0.3) is 99.7 Å². The van der Waals surface area contributed by atoms with E-state index in [1.54, 1.807) is 0 Å². The van der Waals surface area contributed by atoms with Crippen LogP contribution in [-0.4, -0.2) is 24.0 Å². The maximum atomic E-state index is 12.8. The molecule has 0 radical (unpaired) electrons. The van der Waals surface area contributed by atoms with Gasteiger partial charge in [-0.2, -0.15) is 0 Å². The van der Waals surface area contributed by atoms with E-state index in [4.69, 9.17) is 9.97 Å². The third-order valence-corrected chi connectivity index (χ3v) is 14.3. The maximum Gasteiger partial charge on any atom is 0.148 e. The molecule has 0 saturated carbocycles. The molecule has 0 aliphatic carbocycles. The Morgan fingerprint density at radius 1 is 0.486 bits per heavy atom. The number of benzene rings is 7. The summed E-state index contributed by atoms with van der Waals surface area (Å²) < 4.78 is 4.81. The molecule has 0 aliphatic heterocycles. The number of aromatic hydroxyl groups is 1. The van der Waals surface area contributed by atoms with Crippen LogP contribution < -0.4 is 0 Å². The van der Waals surface area contributed by atoms with Gasteiger partial charge < -0.3 is 9.51 Å². The van der Waals surface area contributed by atoms with Crippen LogP contribution in [0.1, 0.15) is 105 Å². The summed E-state index contributed by atoms with van der Waals surface area (Å²) in [5, 5.41) is 17.7. The van der Waals surface area contributed by atoms with Crippen molar-refractivity contribution in [2.24, 2.45) is 0 Å². The van der Waals surface area contributed by atoms with Crippen LogP contribution in [0, 0.1) is 6.07 Å². The van der Waals surface area contributed by atoms with E-state index < -0.39 is 0 Å². The number of hydrogen-bond acceptors (Lipinski definition) is 3. The number of phenolic OH excluding ortho intramolecular Hbond substituents is 1. The van der Waals surface area contributed by atoms with E-state index >= 15 is 0 Å². The van der Waals surface area contributed by atoms with Gasteiger partial charge in [0.15, 0.2) is 0 Å². The van der Waals surface area contributed by atoms with Crippen molar-refractivity contribution in [1.82, 2.24) is 18.9 Å².